The highest BCUT2D eigenvalue weighted by molar-refractivity contribution is 6.40. The lowest BCUT2D eigenvalue weighted by molar-refractivity contribution is -0.141. The number of benzene rings is 2. The predicted octanol–water partition coefficient (Wildman–Crippen LogP) is 3.47. The largest absolute Gasteiger partial charge is 0.480 e. The number of halogens is 3. The smallest absolute Gasteiger partial charge is 0.323 e. The van der Waals surface area contributed by atoms with Gasteiger partial charge in [0.25, 0.3) is 11.8 Å². The lowest BCUT2D eigenvalue weighted by Crippen LogP contribution is -2.39. The molecule has 262 valence electrons. The van der Waals surface area contributed by atoms with E-state index in [1.165, 1.54) is 25.3 Å². The summed E-state index contributed by atoms with van der Waals surface area (Å²) >= 11 is 13.4. The van der Waals surface area contributed by atoms with E-state index in [2.05, 4.69) is 31.2 Å². The van der Waals surface area contributed by atoms with E-state index in [0.29, 0.717) is 16.7 Å². The average molecular weight is 730 g/mol. The zero-order valence-corrected chi connectivity index (χ0v) is 27.7. The third-order valence-corrected chi connectivity index (χ3v) is 8.20. The number of carboxylic acids is 2. The Morgan fingerprint density at radius 3 is 1.84 bits per heavy atom. The molecule has 14 nitrogen and oxygen atoms in total. The molecule has 8 N–H and O–H groups in total. The minimum absolute atomic E-state index is 0.0462. The molecule has 50 heavy (non-hydrogen) atoms. The Morgan fingerprint density at radius 1 is 0.800 bits per heavy atom. The normalized spacial score (nSPS) is 12.2. The van der Waals surface area contributed by atoms with Crippen molar-refractivity contribution in [2.75, 3.05) is 23.8 Å². The molecule has 2 aromatic heterocycles. The number of rotatable bonds is 15. The van der Waals surface area contributed by atoms with Crippen LogP contribution in [0.4, 0.5) is 15.8 Å². The maximum atomic E-state index is 15.0. The number of anilines is 2. The molecule has 2 heterocycles. The van der Waals surface area contributed by atoms with Crippen molar-refractivity contribution in [3.63, 3.8) is 0 Å². The molecule has 17 heteroatoms. The Morgan fingerprint density at radius 2 is 1.34 bits per heavy atom. The fourth-order valence-corrected chi connectivity index (χ4v) is 5.15. The molecule has 0 aliphatic heterocycles. The predicted molar refractivity (Wildman–Crippen MR) is 182 cm³/mol. The number of nitrogens with zero attached hydrogens (tertiary/aromatic N) is 2. The van der Waals surface area contributed by atoms with Gasteiger partial charge in [0.2, 0.25) is 0 Å². The number of aromatic nitrogens is 2. The second kappa shape index (κ2) is 17.1. The summed E-state index contributed by atoms with van der Waals surface area (Å²) in [6.07, 6.45) is 1.39. The van der Waals surface area contributed by atoms with Crippen LogP contribution in [0.5, 0.6) is 0 Å². The molecule has 2 atom stereocenters. The lowest BCUT2D eigenvalue weighted by Gasteiger charge is -2.16. The molecule has 4 rings (SSSR count). The van der Waals surface area contributed by atoms with Gasteiger partial charge >= 0.3 is 11.9 Å². The van der Waals surface area contributed by atoms with Crippen molar-refractivity contribution in [3.8, 4) is 11.1 Å². The van der Waals surface area contributed by atoms with E-state index < -0.39 is 60.6 Å². The molecule has 0 saturated carbocycles. The van der Waals surface area contributed by atoms with Gasteiger partial charge in [-0.2, -0.15) is 0 Å². The van der Waals surface area contributed by atoms with Crippen molar-refractivity contribution in [3.05, 3.63) is 105 Å². The standard InChI is InChI=1S/C33H31Cl2FN6O8/c1-16-18(13-39-26(15-44)33(49)50)10-21(36)29(40-16)31(46)42-23-7-3-5-20(28(23)35)19-4-2-6-22(27(19)34)41-30(45)24-9-8-17(11-37-24)12-38-25(14-43)32(47)48/h2-11,25-26,38-39,43-44H,12-15H2,1H3,(H,41,45)(H,42,46)(H,47,48)(H,49,50)/t25-,26-/m0/s1. The molecule has 2 aromatic carbocycles. The van der Waals surface area contributed by atoms with Crippen LogP contribution in [-0.2, 0) is 22.7 Å². The molecular weight excluding hydrogens is 698 g/mol. The van der Waals surface area contributed by atoms with Crippen LogP contribution in [0.3, 0.4) is 0 Å². The minimum atomic E-state index is -1.28. The van der Waals surface area contributed by atoms with Crippen LogP contribution in [0.25, 0.3) is 11.1 Å². The number of pyridine rings is 2. The molecule has 0 unspecified atom stereocenters. The Balaban J connectivity index is 1.48. The maximum Gasteiger partial charge on any atom is 0.323 e. The molecule has 4 aromatic rings. The summed E-state index contributed by atoms with van der Waals surface area (Å²) in [6.45, 7) is 0.230. The van der Waals surface area contributed by atoms with Crippen LogP contribution in [-0.4, -0.2) is 79.4 Å². The molecule has 0 fully saturated rings. The molecule has 0 spiro atoms. The van der Waals surface area contributed by atoms with Crippen LogP contribution >= 0.6 is 23.2 Å². The number of aryl methyl sites for hydroxylation is 1. The van der Waals surface area contributed by atoms with Crippen LogP contribution < -0.4 is 21.3 Å². The van der Waals surface area contributed by atoms with E-state index >= 15 is 4.39 Å². The summed E-state index contributed by atoms with van der Waals surface area (Å²) in [5.74, 6) is -4.94. The molecule has 0 aliphatic carbocycles. The number of aliphatic hydroxyl groups is 2. The summed E-state index contributed by atoms with van der Waals surface area (Å²) in [5, 5.41) is 47.1. The third kappa shape index (κ3) is 9.15. The Hall–Kier alpha value is -5.03. The van der Waals surface area contributed by atoms with E-state index in [-0.39, 0.29) is 51.5 Å². The second-order valence-corrected chi connectivity index (χ2v) is 11.5. The van der Waals surface area contributed by atoms with E-state index in [1.807, 2.05) is 0 Å². The number of hydrogen-bond acceptors (Lipinski definition) is 10. The van der Waals surface area contributed by atoms with Crippen molar-refractivity contribution in [1.29, 1.82) is 0 Å². The zero-order valence-electron chi connectivity index (χ0n) is 26.2. The van der Waals surface area contributed by atoms with Gasteiger partial charge in [0.05, 0.1) is 34.6 Å². The number of carbonyl (C=O) groups is 4. The molecule has 0 bridgehead atoms. The highest BCUT2D eigenvalue weighted by Gasteiger charge is 2.22. The number of aliphatic hydroxyl groups excluding tert-OH is 2. The highest BCUT2D eigenvalue weighted by Crippen LogP contribution is 2.40. The Labute approximate surface area is 294 Å². The molecule has 0 radical (unpaired) electrons. The van der Waals surface area contributed by atoms with E-state index in [0.717, 1.165) is 6.07 Å². The number of amides is 2. The second-order valence-electron chi connectivity index (χ2n) is 10.8. The molecule has 2 amide bonds. The van der Waals surface area contributed by atoms with Gasteiger partial charge in [-0.15, -0.1) is 0 Å². The minimum Gasteiger partial charge on any atom is -0.480 e. The van der Waals surface area contributed by atoms with Gasteiger partial charge in [0.15, 0.2) is 11.5 Å². The summed E-state index contributed by atoms with van der Waals surface area (Å²) < 4.78 is 15.0. The van der Waals surface area contributed by atoms with E-state index in [4.69, 9.17) is 38.5 Å². The number of carboxylic acid groups (broad SMARTS) is 2. The number of nitrogens with one attached hydrogen (secondary N) is 4. The first-order valence-electron chi connectivity index (χ1n) is 14.8. The highest BCUT2D eigenvalue weighted by atomic mass is 35.5. The Kier molecular flexibility index (Phi) is 12.9. The van der Waals surface area contributed by atoms with E-state index in [9.17, 15) is 24.3 Å². The third-order valence-electron chi connectivity index (χ3n) is 7.38. The number of aliphatic carboxylic acids is 2. The first-order chi connectivity index (χ1) is 23.8. The Bertz CT molecular complexity index is 1910. The van der Waals surface area contributed by atoms with Crippen LogP contribution in [0, 0.1) is 12.7 Å². The maximum absolute atomic E-state index is 15.0. The first-order valence-corrected chi connectivity index (χ1v) is 15.5. The van der Waals surface area contributed by atoms with E-state index in [1.54, 1.807) is 36.4 Å². The lowest BCUT2D eigenvalue weighted by atomic mass is 10.0. The first kappa shape index (κ1) is 37.8. The van der Waals surface area contributed by atoms with Crippen molar-refractivity contribution >= 4 is 58.3 Å². The van der Waals surface area contributed by atoms with Crippen molar-refractivity contribution in [2.24, 2.45) is 0 Å². The van der Waals surface area contributed by atoms with Crippen LogP contribution in [0.1, 0.15) is 37.8 Å². The van der Waals surface area contributed by atoms with Crippen molar-refractivity contribution in [1.82, 2.24) is 20.6 Å². The summed E-state index contributed by atoms with van der Waals surface area (Å²) in [5.41, 5.74) is 1.76. The van der Waals surface area contributed by atoms with Crippen LogP contribution in [0.2, 0.25) is 10.0 Å². The summed E-state index contributed by atoms with van der Waals surface area (Å²) in [6, 6.07) is 11.2. The topological polar surface area (TPSA) is 223 Å². The zero-order chi connectivity index (χ0) is 36.5. The van der Waals surface area contributed by atoms with Gasteiger partial charge < -0.3 is 31.1 Å². The van der Waals surface area contributed by atoms with Gasteiger partial charge in [-0.25, -0.2) is 9.37 Å². The van der Waals surface area contributed by atoms with Crippen molar-refractivity contribution in [2.45, 2.75) is 32.1 Å². The van der Waals surface area contributed by atoms with Gasteiger partial charge in [0.1, 0.15) is 17.8 Å². The quantitative estimate of drug-likeness (QED) is 0.0881. The van der Waals surface area contributed by atoms with Gasteiger partial charge in [-0.1, -0.05) is 53.5 Å². The van der Waals surface area contributed by atoms with Crippen molar-refractivity contribution < 1.29 is 44.0 Å². The van der Waals surface area contributed by atoms with Gasteiger partial charge in [-0.05, 0) is 42.3 Å². The molecule has 0 aliphatic rings. The van der Waals surface area contributed by atoms with Crippen LogP contribution in [0.15, 0.2) is 60.8 Å². The SMILES string of the molecule is Cc1nc(C(=O)Nc2cccc(-c3cccc(NC(=O)c4ccc(CN[C@@H](CO)C(=O)O)cn4)c3Cl)c2Cl)c(F)cc1CN[C@@H](CO)C(=O)O. The van der Waals surface area contributed by atoms with Gasteiger partial charge in [0, 0.05) is 36.1 Å². The summed E-state index contributed by atoms with van der Waals surface area (Å²) in [7, 11) is 0. The fraction of sp³-hybridized carbons (Fsp3) is 0.212. The summed E-state index contributed by atoms with van der Waals surface area (Å²) in [4.78, 5) is 56.4. The molecular formula is C33H31Cl2FN6O8. The molecule has 0 saturated heterocycles. The average Bonchev–Trinajstić information content (AvgIpc) is 3.08. The fourth-order valence-electron chi connectivity index (χ4n) is 4.60. The monoisotopic (exact) mass is 728 g/mol. The number of hydrogen-bond donors (Lipinski definition) is 8. The van der Waals surface area contributed by atoms with Gasteiger partial charge in [-0.3, -0.25) is 34.8 Å². The number of carbonyl (C=O) groups excluding carboxylic acids is 2.